The van der Waals surface area contributed by atoms with Gasteiger partial charge in [-0.3, -0.25) is 4.79 Å². The molecule has 0 bridgehead atoms. The van der Waals surface area contributed by atoms with E-state index in [4.69, 9.17) is 4.74 Å². The van der Waals surface area contributed by atoms with Crippen LogP contribution in [0.4, 0.5) is 0 Å². The fourth-order valence-corrected chi connectivity index (χ4v) is 1.96. The molecule has 0 spiro atoms. The zero-order valence-corrected chi connectivity index (χ0v) is 8.55. The molecule has 1 aliphatic rings. The van der Waals surface area contributed by atoms with E-state index in [1.54, 1.807) is 10.9 Å². The fraction of sp³-hybridized carbons (Fsp3) is 0.556. The van der Waals surface area contributed by atoms with E-state index in [0.29, 0.717) is 12.2 Å². The number of aromatic nitrogens is 1. The van der Waals surface area contributed by atoms with Crippen LogP contribution in [0.2, 0.25) is 0 Å². The van der Waals surface area contributed by atoms with Crippen LogP contribution in [0.25, 0.3) is 0 Å². The van der Waals surface area contributed by atoms with E-state index in [-0.39, 0.29) is 12.0 Å². The Balaban J connectivity index is 1.78. The SMILES string of the molecule is O=C(NC[C@H]1CCCO1)c1cscn1. The first-order valence-electron chi connectivity index (χ1n) is 4.64. The molecular formula is C9H12N2O2S. The number of amides is 1. The molecule has 0 radical (unpaired) electrons. The van der Waals surface area contributed by atoms with Crippen molar-refractivity contribution in [3.63, 3.8) is 0 Å². The third-order valence-corrected chi connectivity index (χ3v) is 2.77. The van der Waals surface area contributed by atoms with Crippen molar-refractivity contribution in [2.75, 3.05) is 13.2 Å². The summed E-state index contributed by atoms with van der Waals surface area (Å²) >= 11 is 1.42. The largest absolute Gasteiger partial charge is 0.376 e. The van der Waals surface area contributed by atoms with Gasteiger partial charge in [0.2, 0.25) is 0 Å². The van der Waals surface area contributed by atoms with Crippen molar-refractivity contribution in [1.29, 1.82) is 0 Å². The number of carbonyl (C=O) groups excluding carboxylic acids is 1. The third kappa shape index (κ3) is 2.30. The number of rotatable bonds is 3. The van der Waals surface area contributed by atoms with Crippen molar-refractivity contribution in [3.05, 3.63) is 16.6 Å². The number of ether oxygens (including phenoxy) is 1. The Morgan fingerprint density at radius 3 is 3.36 bits per heavy atom. The van der Waals surface area contributed by atoms with Crippen LogP contribution in [-0.4, -0.2) is 30.1 Å². The van der Waals surface area contributed by atoms with E-state index in [1.807, 2.05) is 0 Å². The van der Waals surface area contributed by atoms with Gasteiger partial charge in [-0.15, -0.1) is 11.3 Å². The molecule has 2 heterocycles. The normalized spacial score (nSPS) is 21.0. The molecule has 0 saturated carbocycles. The van der Waals surface area contributed by atoms with E-state index >= 15 is 0 Å². The predicted molar refractivity (Wildman–Crippen MR) is 53.4 cm³/mol. The summed E-state index contributed by atoms with van der Waals surface area (Å²) in [6.45, 7) is 1.41. The lowest BCUT2D eigenvalue weighted by molar-refractivity contribution is 0.0854. The van der Waals surface area contributed by atoms with Gasteiger partial charge < -0.3 is 10.1 Å². The van der Waals surface area contributed by atoms with Gasteiger partial charge in [0.1, 0.15) is 5.69 Å². The maximum absolute atomic E-state index is 11.4. The lowest BCUT2D eigenvalue weighted by atomic mass is 10.2. The summed E-state index contributed by atoms with van der Waals surface area (Å²) in [6.07, 6.45) is 2.33. The second-order valence-corrected chi connectivity index (χ2v) is 3.94. The van der Waals surface area contributed by atoms with Gasteiger partial charge in [0, 0.05) is 18.5 Å². The van der Waals surface area contributed by atoms with Crippen LogP contribution in [0.3, 0.4) is 0 Å². The number of hydrogen-bond donors (Lipinski definition) is 1. The van der Waals surface area contributed by atoms with Crippen molar-refractivity contribution < 1.29 is 9.53 Å². The van der Waals surface area contributed by atoms with E-state index in [2.05, 4.69) is 10.3 Å². The number of nitrogens with one attached hydrogen (secondary N) is 1. The summed E-state index contributed by atoms with van der Waals surface area (Å²) in [5.41, 5.74) is 2.15. The first-order valence-corrected chi connectivity index (χ1v) is 5.58. The van der Waals surface area contributed by atoms with Crippen molar-refractivity contribution >= 4 is 17.2 Å². The molecule has 1 aliphatic heterocycles. The van der Waals surface area contributed by atoms with Gasteiger partial charge in [0.05, 0.1) is 11.6 Å². The highest BCUT2D eigenvalue weighted by Gasteiger charge is 2.16. The molecule has 14 heavy (non-hydrogen) atoms. The van der Waals surface area contributed by atoms with Gasteiger partial charge in [-0.25, -0.2) is 4.98 Å². The van der Waals surface area contributed by atoms with Crippen molar-refractivity contribution in [2.24, 2.45) is 0 Å². The third-order valence-electron chi connectivity index (χ3n) is 2.18. The monoisotopic (exact) mass is 212 g/mol. The molecule has 1 amide bonds. The lowest BCUT2D eigenvalue weighted by Gasteiger charge is -2.09. The maximum atomic E-state index is 11.4. The Bertz CT molecular complexity index is 294. The van der Waals surface area contributed by atoms with E-state index in [1.165, 1.54) is 11.3 Å². The lowest BCUT2D eigenvalue weighted by Crippen LogP contribution is -2.31. The number of thiazole rings is 1. The average molecular weight is 212 g/mol. The second-order valence-electron chi connectivity index (χ2n) is 3.22. The van der Waals surface area contributed by atoms with Crippen LogP contribution in [-0.2, 0) is 4.74 Å². The molecule has 1 aromatic rings. The van der Waals surface area contributed by atoms with Gasteiger partial charge >= 0.3 is 0 Å². The molecule has 0 unspecified atom stereocenters. The molecule has 0 aliphatic carbocycles. The zero-order valence-electron chi connectivity index (χ0n) is 7.73. The molecular weight excluding hydrogens is 200 g/mol. The number of nitrogens with zero attached hydrogens (tertiary/aromatic N) is 1. The molecule has 4 nitrogen and oxygen atoms in total. The smallest absolute Gasteiger partial charge is 0.270 e. The minimum Gasteiger partial charge on any atom is -0.376 e. The summed E-state index contributed by atoms with van der Waals surface area (Å²) in [6, 6.07) is 0. The van der Waals surface area contributed by atoms with E-state index < -0.39 is 0 Å². The summed E-state index contributed by atoms with van der Waals surface area (Å²) < 4.78 is 5.39. The van der Waals surface area contributed by atoms with Crippen molar-refractivity contribution in [2.45, 2.75) is 18.9 Å². The zero-order chi connectivity index (χ0) is 9.80. The van der Waals surface area contributed by atoms with Gasteiger partial charge in [-0.2, -0.15) is 0 Å². The Hall–Kier alpha value is -0.940. The average Bonchev–Trinajstić information content (AvgIpc) is 2.87. The summed E-state index contributed by atoms with van der Waals surface area (Å²) in [4.78, 5) is 15.4. The van der Waals surface area contributed by atoms with Crippen LogP contribution < -0.4 is 5.32 Å². The quantitative estimate of drug-likeness (QED) is 0.814. The molecule has 5 heteroatoms. The Labute approximate surface area is 86.3 Å². The number of carbonyl (C=O) groups is 1. The Morgan fingerprint density at radius 2 is 2.71 bits per heavy atom. The van der Waals surface area contributed by atoms with Crippen LogP contribution in [0.15, 0.2) is 10.9 Å². The van der Waals surface area contributed by atoms with E-state index in [9.17, 15) is 4.79 Å². The summed E-state index contributed by atoms with van der Waals surface area (Å²) in [7, 11) is 0. The van der Waals surface area contributed by atoms with Gasteiger partial charge in [0.15, 0.2) is 0 Å². The minimum atomic E-state index is -0.109. The van der Waals surface area contributed by atoms with E-state index in [0.717, 1.165) is 19.4 Å². The highest BCUT2D eigenvalue weighted by atomic mass is 32.1. The molecule has 1 atom stereocenters. The fourth-order valence-electron chi connectivity index (χ4n) is 1.43. The highest BCUT2D eigenvalue weighted by Crippen LogP contribution is 2.10. The van der Waals surface area contributed by atoms with Crippen molar-refractivity contribution in [3.8, 4) is 0 Å². The van der Waals surface area contributed by atoms with Crippen molar-refractivity contribution in [1.82, 2.24) is 10.3 Å². The predicted octanol–water partition coefficient (Wildman–Crippen LogP) is 1.05. The van der Waals surface area contributed by atoms with Gasteiger partial charge in [-0.05, 0) is 12.8 Å². The minimum absolute atomic E-state index is 0.109. The second kappa shape index (κ2) is 4.52. The first-order chi connectivity index (χ1) is 6.86. The highest BCUT2D eigenvalue weighted by molar-refractivity contribution is 7.07. The molecule has 76 valence electrons. The molecule has 0 aromatic carbocycles. The summed E-state index contributed by atoms with van der Waals surface area (Å²) in [5, 5.41) is 4.55. The Kier molecular flexibility index (Phi) is 3.10. The van der Waals surface area contributed by atoms with Crippen LogP contribution in [0.1, 0.15) is 23.3 Å². The topological polar surface area (TPSA) is 51.2 Å². The number of hydrogen-bond acceptors (Lipinski definition) is 4. The summed E-state index contributed by atoms with van der Waals surface area (Å²) in [5.74, 6) is -0.109. The molecule has 2 rings (SSSR count). The maximum Gasteiger partial charge on any atom is 0.270 e. The first kappa shape index (κ1) is 9.61. The van der Waals surface area contributed by atoms with Crippen LogP contribution in [0, 0.1) is 0 Å². The molecule has 1 fully saturated rings. The molecule has 1 N–H and O–H groups in total. The van der Waals surface area contributed by atoms with Crippen LogP contribution >= 0.6 is 11.3 Å². The molecule has 1 saturated heterocycles. The van der Waals surface area contributed by atoms with Gasteiger partial charge in [-0.1, -0.05) is 0 Å². The van der Waals surface area contributed by atoms with Crippen LogP contribution in [0.5, 0.6) is 0 Å². The standard InChI is InChI=1S/C9H12N2O2S/c12-9(8-5-14-6-11-8)10-4-7-2-1-3-13-7/h5-7H,1-4H2,(H,10,12)/t7-/m1/s1. The Morgan fingerprint density at radius 1 is 1.79 bits per heavy atom. The molecule has 1 aromatic heterocycles. The van der Waals surface area contributed by atoms with Gasteiger partial charge in [0.25, 0.3) is 5.91 Å².